The molecule has 0 saturated carbocycles. The summed E-state index contributed by atoms with van der Waals surface area (Å²) in [6.45, 7) is -0.525. The molecule has 2 atom stereocenters. The third kappa shape index (κ3) is 5.70. The Hall–Kier alpha value is -2.33. The number of hydrogen-bond donors (Lipinski definition) is 2. The molecule has 2 aromatic rings. The minimum absolute atomic E-state index is 0.323. The van der Waals surface area contributed by atoms with Crippen molar-refractivity contribution >= 4 is 22.0 Å². The summed E-state index contributed by atoms with van der Waals surface area (Å²) in [6.07, 6.45) is 0. The Labute approximate surface area is 140 Å². The molecule has 24 heavy (non-hydrogen) atoms. The largest absolute Gasteiger partial charge is 0.634 e. The van der Waals surface area contributed by atoms with Gasteiger partial charge in [-0.05, 0) is 33.4 Å². The lowest BCUT2D eigenvalue weighted by molar-refractivity contribution is -0.135. The third-order valence-corrected chi connectivity index (χ3v) is 5.79. The lowest BCUT2D eigenvalue weighted by atomic mass is 10.3. The van der Waals surface area contributed by atoms with Gasteiger partial charge in [0.05, 0.1) is 0 Å². The second kappa shape index (κ2) is 9.08. The van der Waals surface area contributed by atoms with E-state index in [4.69, 9.17) is 14.2 Å². The summed E-state index contributed by atoms with van der Waals surface area (Å²) in [5.74, 6) is -0.529. The van der Waals surface area contributed by atoms with Crippen LogP contribution in [0.4, 0.5) is 0 Å². The van der Waals surface area contributed by atoms with Crippen molar-refractivity contribution in [3.8, 4) is 11.5 Å². The number of carbonyl (C=O) groups is 1. The van der Waals surface area contributed by atoms with E-state index in [-0.39, 0.29) is 0 Å². The van der Waals surface area contributed by atoms with Crippen LogP contribution in [0.3, 0.4) is 0 Å². The van der Waals surface area contributed by atoms with Crippen molar-refractivity contribution in [1.82, 2.24) is 5.32 Å². The van der Waals surface area contributed by atoms with Crippen molar-refractivity contribution in [2.45, 2.75) is 5.52 Å². The number of benzene rings is 2. The van der Waals surface area contributed by atoms with Crippen LogP contribution in [0.1, 0.15) is 0 Å². The van der Waals surface area contributed by atoms with Crippen molar-refractivity contribution in [2.24, 2.45) is 0 Å². The van der Waals surface area contributed by atoms with Crippen molar-refractivity contribution in [1.29, 1.82) is 0 Å². The van der Waals surface area contributed by atoms with Gasteiger partial charge in [0.15, 0.2) is 11.5 Å². The van der Waals surface area contributed by atoms with Crippen LogP contribution in [0.5, 0.6) is 11.5 Å². The molecule has 0 aromatic heterocycles. The van der Waals surface area contributed by atoms with Gasteiger partial charge >= 0.3 is 27.5 Å². The molecule has 0 aliphatic heterocycles. The molecule has 0 heterocycles. The van der Waals surface area contributed by atoms with E-state index < -0.39 is 34.1 Å². The quantitative estimate of drug-likeness (QED) is 0.653. The van der Waals surface area contributed by atoms with Crippen LogP contribution in [0.2, 0.25) is 0 Å². The van der Waals surface area contributed by atoms with Crippen LogP contribution in [0, 0.1) is 0 Å². The summed E-state index contributed by atoms with van der Waals surface area (Å²) in [4.78, 5) is 10.7. The van der Waals surface area contributed by atoms with Crippen molar-refractivity contribution < 1.29 is 28.1 Å². The Morgan fingerprint density at radius 2 is 1.33 bits per heavy atom. The van der Waals surface area contributed by atoms with Crippen molar-refractivity contribution in [2.75, 3.05) is 6.54 Å². The predicted molar refractivity (Wildman–Crippen MR) is 88.8 cm³/mol. The van der Waals surface area contributed by atoms with Gasteiger partial charge in [0.1, 0.15) is 6.54 Å². The standard InChI is InChI=1S/C15H14NO6P2/c17-14(18)11-16-15(23(19)21-12-7-3-1-4-8-12)24(20)22-13-9-5-2-6-10-13/h1-10,15-16H,11H2/q+1/p+1. The van der Waals surface area contributed by atoms with E-state index in [9.17, 15) is 13.9 Å². The maximum Gasteiger partial charge on any atom is 0.634 e. The Morgan fingerprint density at radius 1 is 0.917 bits per heavy atom. The Morgan fingerprint density at radius 3 is 1.71 bits per heavy atom. The smallest absolute Gasteiger partial charge is 0.480 e. The molecule has 2 aromatic carbocycles. The highest BCUT2D eigenvalue weighted by molar-refractivity contribution is 7.59. The first-order chi connectivity index (χ1) is 11.6. The number of para-hydroxylation sites is 2. The van der Waals surface area contributed by atoms with Crippen molar-refractivity contribution in [3.63, 3.8) is 0 Å². The molecule has 0 aliphatic carbocycles. The zero-order valence-corrected chi connectivity index (χ0v) is 14.2. The minimum atomic E-state index is -2.52. The fraction of sp³-hybridized carbons (Fsp3) is 0.133. The van der Waals surface area contributed by atoms with Crippen LogP contribution >= 0.6 is 16.1 Å². The van der Waals surface area contributed by atoms with Gasteiger partial charge < -0.3 is 5.11 Å². The van der Waals surface area contributed by atoms with Gasteiger partial charge in [-0.3, -0.25) is 4.79 Å². The van der Waals surface area contributed by atoms with Crippen LogP contribution in [-0.2, 0) is 13.9 Å². The minimum Gasteiger partial charge on any atom is -0.480 e. The number of hydrogen-bond acceptors (Lipinski definition) is 6. The molecule has 124 valence electrons. The molecule has 7 nitrogen and oxygen atoms in total. The lowest BCUT2D eigenvalue weighted by Gasteiger charge is -1.99. The molecule has 0 aliphatic rings. The van der Waals surface area contributed by atoms with Gasteiger partial charge in [-0.25, -0.2) is 14.4 Å². The summed E-state index contributed by atoms with van der Waals surface area (Å²) in [7, 11) is -5.04. The fourth-order valence-corrected chi connectivity index (χ4v) is 3.91. The highest BCUT2D eigenvalue weighted by Crippen LogP contribution is 2.45. The van der Waals surface area contributed by atoms with Crippen molar-refractivity contribution in [3.05, 3.63) is 60.7 Å². The van der Waals surface area contributed by atoms with Gasteiger partial charge in [0, 0.05) is 0 Å². The highest BCUT2D eigenvalue weighted by atomic mass is 31.2. The molecule has 2 N–H and O–H groups in total. The van der Waals surface area contributed by atoms with E-state index in [1.165, 1.54) is 0 Å². The molecular weight excluding hydrogens is 352 g/mol. The second-order valence-corrected chi connectivity index (χ2v) is 7.47. The average Bonchev–Trinajstić information content (AvgIpc) is 2.56. The van der Waals surface area contributed by atoms with Crippen LogP contribution in [0.25, 0.3) is 0 Å². The summed E-state index contributed by atoms with van der Waals surface area (Å²) in [5.41, 5.74) is -1.27. The second-order valence-electron chi connectivity index (χ2n) is 4.53. The van der Waals surface area contributed by atoms with Gasteiger partial charge in [-0.1, -0.05) is 36.4 Å². The average molecular weight is 367 g/mol. The summed E-state index contributed by atoms with van der Waals surface area (Å²) < 4.78 is 35.2. The Bertz CT molecular complexity index is 657. The third-order valence-electron chi connectivity index (χ3n) is 2.71. The number of rotatable bonds is 9. The van der Waals surface area contributed by atoms with E-state index in [0.29, 0.717) is 11.5 Å². The lowest BCUT2D eigenvalue weighted by Crippen LogP contribution is -2.30. The van der Waals surface area contributed by atoms with E-state index >= 15 is 0 Å². The first-order valence-electron chi connectivity index (χ1n) is 6.90. The van der Waals surface area contributed by atoms with Gasteiger partial charge in [0.25, 0.3) is 0 Å². The first kappa shape index (κ1) is 18.0. The molecule has 0 spiro atoms. The molecule has 0 radical (unpaired) electrons. The molecule has 0 amide bonds. The number of nitrogens with one attached hydrogen (secondary N) is 1. The zero-order valence-electron chi connectivity index (χ0n) is 12.4. The fourth-order valence-electron chi connectivity index (χ4n) is 1.67. The maximum atomic E-state index is 12.4. The first-order valence-corrected chi connectivity index (χ1v) is 9.39. The zero-order chi connectivity index (χ0) is 17.4. The highest BCUT2D eigenvalue weighted by Gasteiger charge is 2.54. The van der Waals surface area contributed by atoms with Gasteiger partial charge in [-0.2, -0.15) is 0 Å². The Kier molecular flexibility index (Phi) is 6.82. The molecule has 0 fully saturated rings. The number of carboxylic acid groups (broad SMARTS) is 1. The van der Waals surface area contributed by atoms with E-state index in [1.54, 1.807) is 60.7 Å². The summed E-state index contributed by atoms with van der Waals surface area (Å²) in [5, 5.41) is 11.2. The predicted octanol–water partition coefficient (Wildman–Crippen LogP) is 3.59. The SMILES string of the molecule is O=C(O)CNC([P+](=O)Oc1ccccc1)[P+](=O)Oc1ccccc1. The molecule has 0 bridgehead atoms. The molecule has 2 unspecified atom stereocenters. The van der Waals surface area contributed by atoms with Crippen LogP contribution in [0.15, 0.2) is 60.7 Å². The molecule has 2 rings (SSSR count). The topological polar surface area (TPSA) is 102 Å². The Balaban J connectivity index is 2.09. The van der Waals surface area contributed by atoms with E-state index in [2.05, 4.69) is 5.32 Å². The van der Waals surface area contributed by atoms with Crippen LogP contribution < -0.4 is 14.4 Å². The van der Waals surface area contributed by atoms with Gasteiger partial charge in [0.2, 0.25) is 0 Å². The molecular formula is C15H15NO6P2+2. The van der Waals surface area contributed by atoms with E-state index in [0.717, 1.165) is 0 Å². The summed E-state index contributed by atoms with van der Waals surface area (Å²) >= 11 is 0. The van der Waals surface area contributed by atoms with Crippen LogP contribution in [-0.4, -0.2) is 23.1 Å². The van der Waals surface area contributed by atoms with Gasteiger partial charge in [-0.15, -0.1) is 0 Å². The normalized spacial score (nSPS) is 12.8. The molecule has 0 saturated heterocycles. The molecule has 9 heteroatoms. The number of aliphatic carboxylic acids is 1. The summed E-state index contributed by atoms with van der Waals surface area (Å²) in [6, 6.07) is 16.7. The van der Waals surface area contributed by atoms with E-state index in [1.807, 2.05) is 0 Å². The monoisotopic (exact) mass is 367 g/mol. The maximum absolute atomic E-state index is 12.4. The number of carboxylic acids is 1.